The zero-order chi connectivity index (χ0) is 48.3. The van der Waals surface area contributed by atoms with Gasteiger partial charge in [0, 0.05) is 34.1 Å². The highest BCUT2D eigenvalue weighted by atomic mass is 32.2. The number of carbonyl (C=O) groups excluding carboxylic acids is 4. The minimum absolute atomic E-state index is 0.0233. The van der Waals surface area contributed by atoms with E-state index in [1.54, 1.807) is 36.4 Å². The largest absolute Gasteiger partial charge is 0.460 e. The van der Waals surface area contributed by atoms with Gasteiger partial charge in [-0.3, -0.25) is 9.59 Å². The minimum Gasteiger partial charge on any atom is -0.460 e. The Bertz CT molecular complexity index is 1670. The Balaban J connectivity index is 1.05. The van der Waals surface area contributed by atoms with Gasteiger partial charge in [-0.25, -0.2) is 9.59 Å². The van der Waals surface area contributed by atoms with Gasteiger partial charge in [-0.15, -0.1) is 0 Å². The Morgan fingerprint density at radius 1 is 0.368 bits per heavy atom. The van der Waals surface area contributed by atoms with Crippen molar-refractivity contribution in [2.75, 3.05) is 92.5 Å². The first-order valence-corrected chi connectivity index (χ1v) is 27.4. The number of benzene rings is 2. The summed E-state index contributed by atoms with van der Waals surface area (Å²) in [5.41, 5.74) is 1.09. The Morgan fingerprint density at radius 2 is 0.647 bits per heavy atom. The molecule has 0 atom stereocenters. The van der Waals surface area contributed by atoms with E-state index in [0.717, 1.165) is 49.6 Å². The third kappa shape index (κ3) is 21.9. The highest BCUT2D eigenvalue weighted by Gasteiger charge is 2.39. The normalized spacial score (nSPS) is 14.2. The van der Waals surface area contributed by atoms with Gasteiger partial charge >= 0.3 is 11.9 Å². The highest BCUT2D eigenvalue weighted by molar-refractivity contribution is 8.08. The number of ether oxygens (including phenoxy) is 8. The maximum Gasteiger partial charge on any atom is 0.339 e. The minimum atomic E-state index is -0.595. The van der Waals surface area contributed by atoms with E-state index in [9.17, 15) is 19.2 Å². The molecular formula is C54H80O12S2. The van der Waals surface area contributed by atoms with Crippen molar-refractivity contribution in [1.82, 2.24) is 0 Å². The number of hydrogen-bond donors (Lipinski definition) is 0. The number of thioether (sulfide) groups is 2. The van der Waals surface area contributed by atoms with Gasteiger partial charge in [-0.05, 0) is 37.1 Å². The molecule has 0 fully saturated rings. The third-order valence-electron chi connectivity index (χ3n) is 11.7. The predicted molar refractivity (Wildman–Crippen MR) is 269 cm³/mol. The lowest BCUT2D eigenvalue weighted by molar-refractivity contribution is -0.00000939. The summed E-state index contributed by atoms with van der Waals surface area (Å²) in [6.45, 7) is 10.1. The van der Waals surface area contributed by atoms with Crippen molar-refractivity contribution in [1.29, 1.82) is 0 Å². The van der Waals surface area contributed by atoms with Crippen molar-refractivity contribution < 1.29 is 57.1 Å². The van der Waals surface area contributed by atoms with Gasteiger partial charge < -0.3 is 37.9 Å². The highest BCUT2D eigenvalue weighted by Crippen LogP contribution is 2.51. The van der Waals surface area contributed by atoms with Crippen molar-refractivity contribution in [2.24, 2.45) is 0 Å². The fourth-order valence-electron chi connectivity index (χ4n) is 7.82. The summed E-state index contributed by atoms with van der Waals surface area (Å²) in [6.07, 6.45) is 26.0. The van der Waals surface area contributed by atoms with Crippen LogP contribution in [-0.2, 0) is 37.9 Å². The van der Waals surface area contributed by atoms with Gasteiger partial charge in [0.1, 0.15) is 13.2 Å². The second-order valence-electron chi connectivity index (χ2n) is 17.2. The van der Waals surface area contributed by atoms with E-state index >= 15 is 0 Å². The molecule has 0 saturated heterocycles. The molecule has 380 valence electrons. The topological polar surface area (TPSA) is 142 Å². The molecule has 2 aliphatic heterocycles. The molecule has 2 aromatic carbocycles. The Morgan fingerprint density at radius 3 is 0.971 bits per heavy atom. The standard InChI is InChI=1S/C54H80O12S2/c1-3-5-7-9-11-13-15-17-19-21-29-59-31-33-61-35-37-63-39-41-65-53(57)45-27-23-25-43-47(55)51(67-49(43)45)52-48(56)44-26-24-28-46(50(44)68-52)54(58)66-42-40-64-38-36-62-34-32-60-30-22-20-18-16-14-12-10-8-6-4-2/h23-28H,3-22,29-42H2,1-2H3/b52-51-. The molecule has 14 heteroatoms. The molecule has 0 N–H and O–H groups in total. The van der Waals surface area contributed by atoms with Crippen molar-refractivity contribution >= 4 is 47.0 Å². The van der Waals surface area contributed by atoms with E-state index in [2.05, 4.69) is 13.8 Å². The van der Waals surface area contributed by atoms with Crippen molar-refractivity contribution in [3.63, 3.8) is 0 Å². The van der Waals surface area contributed by atoms with Crippen LogP contribution >= 0.6 is 23.5 Å². The van der Waals surface area contributed by atoms with Crippen LogP contribution in [0.4, 0.5) is 0 Å². The second-order valence-corrected chi connectivity index (χ2v) is 19.2. The van der Waals surface area contributed by atoms with E-state index in [1.807, 2.05) is 0 Å². The van der Waals surface area contributed by atoms with Crippen LogP contribution in [0, 0.1) is 0 Å². The van der Waals surface area contributed by atoms with Crippen LogP contribution in [0.5, 0.6) is 0 Å². The lowest BCUT2D eigenvalue weighted by atomic mass is 10.0. The van der Waals surface area contributed by atoms with Gasteiger partial charge in [-0.2, -0.15) is 0 Å². The van der Waals surface area contributed by atoms with Crippen molar-refractivity contribution in [3.05, 3.63) is 68.5 Å². The number of carbonyl (C=O) groups is 4. The molecule has 0 unspecified atom stereocenters. The quantitative estimate of drug-likeness (QED) is 0.0354. The van der Waals surface area contributed by atoms with Crippen LogP contribution in [0.15, 0.2) is 56.0 Å². The molecule has 0 spiro atoms. The molecule has 0 bridgehead atoms. The fourth-order valence-corrected chi connectivity index (χ4v) is 10.3. The summed E-state index contributed by atoms with van der Waals surface area (Å²) in [4.78, 5) is 54.9. The first kappa shape index (κ1) is 57.5. The molecule has 0 amide bonds. The number of allylic oxidation sites excluding steroid dienone is 2. The predicted octanol–water partition coefficient (Wildman–Crippen LogP) is 12.4. The van der Waals surface area contributed by atoms with Gasteiger partial charge in [0.05, 0.1) is 87.0 Å². The van der Waals surface area contributed by atoms with Crippen LogP contribution in [0.25, 0.3) is 0 Å². The molecule has 0 aromatic heterocycles. The summed E-state index contributed by atoms with van der Waals surface area (Å²) in [6, 6.07) is 9.70. The molecule has 0 aliphatic carbocycles. The second kappa shape index (κ2) is 36.8. The van der Waals surface area contributed by atoms with Crippen LogP contribution < -0.4 is 0 Å². The van der Waals surface area contributed by atoms with Gasteiger partial charge in [0.25, 0.3) is 0 Å². The van der Waals surface area contributed by atoms with Gasteiger partial charge in [0.15, 0.2) is 0 Å². The zero-order valence-corrected chi connectivity index (χ0v) is 42.9. The third-order valence-corrected chi connectivity index (χ3v) is 14.3. The molecule has 68 heavy (non-hydrogen) atoms. The molecule has 4 rings (SSSR count). The summed E-state index contributed by atoms with van der Waals surface area (Å²) >= 11 is 2.13. The molecule has 2 aliphatic rings. The Hall–Kier alpha value is -3.08. The smallest absolute Gasteiger partial charge is 0.339 e. The monoisotopic (exact) mass is 985 g/mol. The number of Topliss-reactive ketones (excluding diaryl/α,β-unsaturated/α-hetero) is 2. The molecular weight excluding hydrogens is 905 g/mol. The fraction of sp³-hybridized carbons (Fsp3) is 0.667. The number of unbranched alkanes of at least 4 members (excludes halogenated alkanes) is 18. The SMILES string of the molecule is CCCCCCCCCCCCOCCOCCOCCOC(=O)c1cccc2c1S/C(=C1\Sc3c(C(=O)OCCOCCOCCOCCCCCCCCCCCC)cccc3C1=O)C2=O. The average Bonchev–Trinajstić information content (AvgIpc) is 3.87. The average molecular weight is 985 g/mol. The number of hydrogen-bond acceptors (Lipinski definition) is 14. The molecule has 0 saturated carbocycles. The van der Waals surface area contributed by atoms with Crippen LogP contribution in [0.1, 0.15) is 184 Å². The van der Waals surface area contributed by atoms with Crippen molar-refractivity contribution in [2.45, 2.75) is 152 Å². The van der Waals surface area contributed by atoms with E-state index in [-0.39, 0.29) is 58.9 Å². The number of ketones is 2. The molecule has 2 aromatic rings. The molecule has 0 radical (unpaired) electrons. The van der Waals surface area contributed by atoms with Crippen molar-refractivity contribution in [3.8, 4) is 0 Å². The molecule has 2 heterocycles. The number of esters is 2. The zero-order valence-electron chi connectivity index (χ0n) is 41.2. The first-order chi connectivity index (χ1) is 33.5. The maximum absolute atomic E-state index is 13.7. The van der Waals surface area contributed by atoms with E-state index in [4.69, 9.17) is 37.9 Å². The number of rotatable bonds is 42. The van der Waals surface area contributed by atoms with Crippen LogP contribution in [0.3, 0.4) is 0 Å². The van der Waals surface area contributed by atoms with Gasteiger partial charge in [0.2, 0.25) is 11.6 Å². The summed E-state index contributed by atoms with van der Waals surface area (Å²) < 4.78 is 44.7. The van der Waals surface area contributed by atoms with Gasteiger partial charge in [-0.1, -0.05) is 165 Å². The maximum atomic E-state index is 13.7. The Labute approximate surface area is 415 Å². The molecule has 12 nitrogen and oxygen atoms in total. The van der Waals surface area contributed by atoms with Crippen LogP contribution in [0.2, 0.25) is 0 Å². The lowest BCUT2D eigenvalue weighted by Gasteiger charge is -2.09. The van der Waals surface area contributed by atoms with E-state index in [0.29, 0.717) is 73.8 Å². The Kier molecular flexibility index (Phi) is 31.1. The van der Waals surface area contributed by atoms with E-state index < -0.39 is 11.9 Å². The van der Waals surface area contributed by atoms with E-state index in [1.165, 1.54) is 116 Å². The first-order valence-electron chi connectivity index (χ1n) is 25.7. The lowest BCUT2D eigenvalue weighted by Crippen LogP contribution is -2.14. The summed E-state index contributed by atoms with van der Waals surface area (Å²) in [5, 5.41) is 0. The van der Waals surface area contributed by atoms with Crippen LogP contribution in [-0.4, -0.2) is 116 Å². The number of fused-ring (bicyclic) bond motifs is 2. The summed E-state index contributed by atoms with van der Waals surface area (Å²) in [5.74, 6) is -1.92. The summed E-state index contributed by atoms with van der Waals surface area (Å²) in [7, 11) is 0.